The van der Waals surface area contributed by atoms with E-state index in [9.17, 15) is 0 Å². The third kappa shape index (κ3) is 7.00. The molecule has 0 bridgehead atoms. The maximum atomic E-state index is 5.72. The molecule has 2 aliphatic rings. The SMILES string of the molecule is C=C(OCCCC)c1cccc2c1C=CCC2.C=C(OCCCC)c1cccc2c1CCC=C2. The maximum Gasteiger partial charge on any atom is 0.119 e. The van der Waals surface area contributed by atoms with Crippen LogP contribution in [0.5, 0.6) is 0 Å². The Labute approximate surface area is 206 Å². The molecule has 34 heavy (non-hydrogen) atoms. The second-order valence-corrected chi connectivity index (χ2v) is 8.88. The summed E-state index contributed by atoms with van der Waals surface area (Å²) in [4.78, 5) is 0. The zero-order valence-electron chi connectivity index (χ0n) is 21.1. The van der Waals surface area contributed by atoms with Gasteiger partial charge in [0.05, 0.1) is 13.2 Å². The van der Waals surface area contributed by atoms with Crippen LogP contribution < -0.4 is 0 Å². The van der Waals surface area contributed by atoms with E-state index in [1.54, 1.807) is 0 Å². The molecule has 0 atom stereocenters. The van der Waals surface area contributed by atoms with Gasteiger partial charge in [-0.15, -0.1) is 0 Å². The van der Waals surface area contributed by atoms with Gasteiger partial charge in [-0.1, -0.05) is 101 Å². The van der Waals surface area contributed by atoms with Gasteiger partial charge >= 0.3 is 0 Å². The Morgan fingerprint density at radius 3 is 2.12 bits per heavy atom. The smallest absolute Gasteiger partial charge is 0.119 e. The van der Waals surface area contributed by atoms with Gasteiger partial charge in [0.2, 0.25) is 0 Å². The lowest BCUT2D eigenvalue weighted by atomic mass is 9.92. The summed E-state index contributed by atoms with van der Waals surface area (Å²) < 4.78 is 11.4. The van der Waals surface area contributed by atoms with Gasteiger partial charge in [-0.2, -0.15) is 0 Å². The van der Waals surface area contributed by atoms with Gasteiger partial charge in [-0.05, 0) is 60.8 Å². The van der Waals surface area contributed by atoms with E-state index in [2.05, 4.69) is 87.7 Å². The molecule has 180 valence electrons. The Bertz CT molecular complexity index is 1030. The number of aryl methyl sites for hydroxylation is 1. The molecule has 0 aliphatic heterocycles. The molecule has 0 aromatic heterocycles. The average molecular weight is 457 g/mol. The molecule has 4 rings (SSSR count). The normalized spacial score (nSPS) is 13.2. The molecule has 2 nitrogen and oxygen atoms in total. The number of hydrogen-bond donors (Lipinski definition) is 0. The van der Waals surface area contributed by atoms with E-state index in [1.807, 2.05) is 0 Å². The topological polar surface area (TPSA) is 18.5 Å². The van der Waals surface area contributed by atoms with Gasteiger partial charge in [0.15, 0.2) is 0 Å². The second-order valence-electron chi connectivity index (χ2n) is 8.88. The summed E-state index contributed by atoms with van der Waals surface area (Å²) in [5.74, 6) is 1.63. The number of ether oxygens (including phenoxy) is 2. The maximum absolute atomic E-state index is 5.72. The predicted molar refractivity (Wildman–Crippen MR) is 147 cm³/mol. The summed E-state index contributed by atoms with van der Waals surface area (Å²) in [6, 6.07) is 12.8. The van der Waals surface area contributed by atoms with E-state index < -0.39 is 0 Å². The van der Waals surface area contributed by atoms with Crippen molar-refractivity contribution in [2.75, 3.05) is 13.2 Å². The number of allylic oxidation sites excluding steroid dienone is 2. The highest BCUT2D eigenvalue weighted by Gasteiger charge is 2.13. The quantitative estimate of drug-likeness (QED) is 0.262. The zero-order valence-corrected chi connectivity index (χ0v) is 21.1. The van der Waals surface area contributed by atoms with Crippen molar-refractivity contribution in [3.05, 3.63) is 95.1 Å². The minimum Gasteiger partial charge on any atom is -0.494 e. The van der Waals surface area contributed by atoms with Gasteiger partial charge in [-0.25, -0.2) is 0 Å². The second kappa shape index (κ2) is 13.6. The number of fused-ring (bicyclic) bond motifs is 2. The van der Waals surface area contributed by atoms with Gasteiger partial charge < -0.3 is 9.47 Å². The Balaban J connectivity index is 0.000000191. The first-order chi connectivity index (χ1) is 16.7. The fraction of sp³-hybridized carbons (Fsp3) is 0.375. The van der Waals surface area contributed by atoms with Crippen molar-refractivity contribution in [1.82, 2.24) is 0 Å². The lowest BCUT2D eigenvalue weighted by Gasteiger charge is -2.17. The molecule has 2 aromatic rings. The van der Waals surface area contributed by atoms with Gasteiger partial charge in [0, 0.05) is 11.1 Å². The van der Waals surface area contributed by atoms with Crippen molar-refractivity contribution in [3.8, 4) is 0 Å². The Hall–Kier alpha value is -3.00. The molecule has 0 radical (unpaired) electrons. The molecule has 0 heterocycles. The Morgan fingerprint density at radius 1 is 0.765 bits per heavy atom. The molecular weight excluding hydrogens is 416 g/mol. The predicted octanol–water partition coefficient (Wildman–Crippen LogP) is 8.87. The molecule has 0 saturated carbocycles. The molecular formula is C32H40O2. The number of benzene rings is 2. The summed E-state index contributed by atoms with van der Waals surface area (Å²) in [5, 5.41) is 0. The monoisotopic (exact) mass is 456 g/mol. The lowest BCUT2D eigenvalue weighted by molar-refractivity contribution is 0.271. The molecule has 2 aromatic carbocycles. The molecule has 0 unspecified atom stereocenters. The molecule has 2 aliphatic carbocycles. The van der Waals surface area contributed by atoms with Crippen LogP contribution in [0.1, 0.15) is 85.8 Å². The van der Waals surface area contributed by atoms with Crippen molar-refractivity contribution >= 4 is 23.7 Å². The summed E-state index contributed by atoms with van der Waals surface area (Å²) in [6.45, 7) is 14.0. The van der Waals surface area contributed by atoms with Crippen LogP contribution in [0.4, 0.5) is 0 Å². The van der Waals surface area contributed by atoms with Crippen LogP contribution >= 0.6 is 0 Å². The molecule has 0 fully saturated rings. The molecule has 0 spiro atoms. The Morgan fingerprint density at radius 2 is 1.38 bits per heavy atom. The van der Waals surface area contributed by atoms with Gasteiger partial charge in [0.25, 0.3) is 0 Å². The summed E-state index contributed by atoms with van der Waals surface area (Å²) in [6.07, 6.45) is 17.8. The first-order valence-corrected chi connectivity index (χ1v) is 12.9. The summed E-state index contributed by atoms with van der Waals surface area (Å²) in [5.41, 5.74) is 7.73. The fourth-order valence-electron chi connectivity index (χ4n) is 4.28. The van der Waals surface area contributed by atoms with Crippen LogP contribution in [-0.2, 0) is 22.3 Å². The zero-order chi connectivity index (χ0) is 24.2. The lowest BCUT2D eigenvalue weighted by Crippen LogP contribution is -2.02. The number of unbranched alkanes of at least 4 members (excludes halogenated alkanes) is 2. The molecule has 2 heteroatoms. The van der Waals surface area contributed by atoms with Crippen LogP contribution in [0.3, 0.4) is 0 Å². The van der Waals surface area contributed by atoms with Crippen LogP contribution in [0.15, 0.2) is 61.7 Å². The van der Waals surface area contributed by atoms with Crippen molar-refractivity contribution in [2.24, 2.45) is 0 Å². The third-order valence-electron chi connectivity index (χ3n) is 6.28. The third-order valence-corrected chi connectivity index (χ3v) is 6.28. The van der Waals surface area contributed by atoms with Crippen molar-refractivity contribution in [3.63, 3.8) is 0 Å². The minimum atomic E-state index is 0.767. The van der Waals surface area contributed by atoms with E-state index in [4.69, 9.17) is 9.47 Å². The van der Waals surface area contributed by atoms with Crippen LogP contribution in [0, 0.1) is 0 Å². The summed E-state index contributed by atoms with van der Waals surface area (Å²) in [7, 11) is 0. The first-order valence-electron chi connectivity index (χ1n) is 12.9. The number of rotatable bonds is 10. The fourth-order valence-corrected chi connectivity index (χ4v) is 4.28. The molecule has 0 amide bonds. The van der Waals surface area contributed by atoms with E-state index in [1.165, 1.54) is 27.8 Å². The minimum absolute atomic E-state index is 0.767. The highest BCUT2D eigenvalue weighted by Crippen LogP contribution is 2.28. The largest absolute Gasteiger partial charge is 0.494 e. The standard InChI is InChI=1S/2C16H20O/c2*1-3-4-12-17-13(2)15-11-7-9-14-8-5-6-10-16(14)15/h6-7,9-11H,2-5,8,12H2,1H3;5,7-9,11H,2-4,6,10,12H2,1H3. The average Bonchev–Trinajstić information content (AvgIpc) is 2.88. The van der Waals surface area contributed by atoms with E-state index >= 15 is 0 Å². The molecule has 0 saturated heterocycles. The van der Waals surface area contributed by atoms with E-state index in [0.717, 1.165) is 81.7 Å². The van der Waals surface area contributed by atoms with Gasteiger partial charge in [-0.3, -0.25) is 0 Å². The summed E-state index contributed by atoms with van der Waals surface area (Å²) >= 11 is 0. The van der Waals surface area contributed by atoms with Crippen molar-refractivity contribution in [2.45, 2.75) is 65.2 Å². The Kier molecular flexibility index (Phi) is 10.3. The van der Waals surface area contributed by atoms with Crippen LogP contribution in [0.25, 0.3) is 23.7 Å². The molecule has 0 N–H and O–H groups in total. The number of hydrogen-bond acceptors (Lipinski definition) is 2. The highest BCUT2D eigenvalue weighted by atomic mass is 16.5. The highest BCUT2D eigenvalue weighted by molar-refractivity contribution is 5.73. The van der Waals surface area contributed by atoms with Gasteiger partial charge in [0.1, 0.15) is 11.5 Å². The van der Waals surface area contributed by atoms with Crippen LogP contribution in [0.2, 0.25) is 0 Å². The first kappa shape index (κ1) is 25.6. The van der Waals surface area contributed by atoms with Crippen molar-refractivity contribution in [1.29, 1.82) is 0 Å². The van der Waals surface area contributed by atoms with Crippen molar-refractivity contribution < 1.29 is 9.47 Å². The van der Waals surface area contributed by atoms with Crippen LogP contribution in [-0.4, -0.2) is 13.2 Å². The van der Waals surface area contributed by atoms with E-state index in [-0.39, 0.29) is 0 Å². The van der Waals surface area contributed by atoms with E-state index in [0.29, 0.717) is 0 Å².